The Morgan fingerprint density at radius 1 is 0.826 bits per heavy atom. The molecule has 0 unspecified atom stereocenters. The number of hydrogen-bond acceptors (Lipinski definition) is 4. The summed E-state index contributed by atoms with van der Waals surface area (Å²) in [5.41, 5.74) is 0. The number of hydrogen-bond donors (Lipinski definition) is 1. The van der Waals surface area contributed by atoms with Crippen LogP contribution in [0.25, 0.3) is 0 Å². The standard InChI is InChI=1S/C16H33NO4S.K/c1-2-3-4-5-6-7-8-9-10-11-12-13-14-22(20,21)17-15-16(18)19;/h17H,2-15H2,1H3,(H,18,19);/q;+1/p-1. The maximum Gasteiger partial charge on any atom is 1.00 e. The van der Waals surface area contributed by atoms with Gasteiger partial charge in [-0.15, -0.1) is 0 Å². The molecular formula is C16H32KNO4S. The summed E-state index contributed by atoms with van der Waals surface area (Å²) >= 11 is 0. The largest absolute Gasteiger partial charge is 1.00 e. The molecule has 0 spiro atoms. The number of nitrogens with one attached hydrogen (secondary N) is 1. The molecule has 132 valence electrons. The van der Waals surface area contributed by atoms with Crippen molar-refractivity contribution in [3.8, 4) is 0 Å². The summed E-state index contributed by atoms with van der Waals surface area (Å²) < 4.78 is 24.8. The van der Waals surface area contributed by atoms with E-state index in [9.17, 15) is 18.3 Å². The van der Waals surface area contributed by atoms with Gasteiger partial charge in [-0.1, -0.05) is 77.6 Å². The molecule has 7 heteroatoms. The fourth-order valence-corrected chi connectivity index (χ4v) is 3.44. The summed E-state index contributed by atoms with van der Waals surface area (Å²) in [5.74, 6) is -1.41. The topological polar surface area (TPSA) is 86.3 Å². The second-order valence-corrected chi connectivity index (χ2v) is 7.83. The fraction of sp³-hybridized carbons (Fsp3) is 0.938. The van der Waals surface area contributed by atoms with Crippen LogP contribution in [0.1, 0.15) is 84.0 Å². The average molecular weight is 374 g/mol. The normalized spacial score (nSPS) is 11.2. The summed E-state index contributed by atoms with van der Waals surface area (Å²) in [5, 5.41) is 10.2. The molecule has 0 aliphatic rings. The molecule has 23 heavy (non-hydrogen) atoms. The number of rotatable bonds is 16. The number of carboxylic acids is 1. The van der Waals surface area contributed by atoms with E-state index in [4.69, 9.17) is 0 Å². The Labute approximate surface area is 184 Å². The first-order valence-electron chi connectivity index (χ1n) is 8.65. The second-order valence-electron chi connectivity index (χ2n) is 5.90. The predicted molar refractivity (Wildman–Crippen MR) is 87.9 cm³/mol. The molecule has 0 rings (SSSR count). The number of carbonyl (C=O) groups excluding carboxylic acids is 1. The molecule has 0 aliphatic heterocycles. The molecule has 0 radical (unpaired) electrons. The molecule has 0 aromatic rings. The Bertz CT molecular complexity index is 374. The van der Waals surface area contributed by atoms with Crippen molar-refractivity contribution in [2.75, 3.05) is 12.3 Å². The van der Waals surface area contributed by atoms with Crippen LogP contribution in [-0.2, 0) is 14.8 Å². The zero-order valence-corrected chi connectivity index (χ0v) is 18.9. The molecule has 5 nitrogen and oxygen atoms in total. The molecule has 0 bridgehead atoms. The summed E-state index contributed by atoms with van der Waals surface area (Å²) in [6, 6.07) is 0. The van der Waals surface area contributed by atoms with Gasteiger partial charge in [0, 0.05) is 0 Å². The van der Waals surface area contributed by atoms with Crippen molar-refractivity contribution in [3.05, 3.63) is 0 Å². The monoisotopic (exact) mass is 373 g/mol. The number of carboxylic acid groups (broad SMARTS) is 1. The van der Waals surface area contributed by atoms with E-state index >= 15 is 0 Å². The number of sulfonamides is 1. The van der Waals surface area contributed by atoms with Crippen molar-refractivity contribution in [2.24, 2.45) is 0 Å². The van der Waals surface area contributed by atoms with Crippen LogP contribution in [0.4, 0.5) is 0 Å². The minimum Gasteiger partial charge on any atom is -0.549 e. The van der Waals surface area contributed by atoms with Crippen LogP contribution in [0.15, 0.2) is 0 Å². The van der Waals surface area contributed by atoms with Gasteiger partial charge in [0.05, 0.1) is 18.3 Å². The van der Waals surface area contributed by atoms with E-state index in [-0.39, 0.29) is 57.1 Å². The van der Waals surface area contributed by atoms with Crippen molar-refractivity contribution in [2.45, 2.75) is 84.0 Å². The van der Waals surface area contributed by atoms with Crippen molar-refractivity contribution < 1.29 is 69.7 Å². The zero-order valence-electron chi connectivity index (χ0n) is 14.9. The third-order valence-corrected chi connectivity index (χ3v) is 5.11. The SMILES string of the molecule is CCCCCCCCCCCCCCS(=O)(=O)NCC(=O)[O-].[K+]. The van der Waals surface area contributed by atoms with Crippen molar-refractivity contribution in [3.63, 3.8) is 0 Å². The van der Waals surface area contributed by atoms with Crippen LogP contribution in [-0.4, -0.2) is 26.7 Å². The molecule has 0 aromatic heterocycles. The molecule has 1 N–H and O–H groups in total. The van der Waals surface area contributed by atoms with Gasteiger partial charge in [0.15, 0.2) is 0 Å². The van der Waals surface area contributed by atoms with E-state index in [1.165, 1.54) is 51.4 Å². The van der Waals surface area contributed by atoms with Gasteiger partial charge >= 0.3 is 51.4 Å². The molecule has 0 saturated carbocycles. The first-order valence-corrected chi connectivity index (χ1v) is 10.3. The van der Waals surface area contributed by atoms with Crippen molar-refractivity contribution in [1.29, 1.82) is 0 Å². The molecule has 0 heterocycles. The van der Waals surface area contributed by atoms with Gasteiger partial charge in [0.1, 0.15) is 0 Å². The molecule has 0 fully saturated rings. The molecule has 0 aromatic carbocycles. The van der Waals surface area contributed by atoms with Crippen LogP contribution in [0.2, 0.25) is 0 Å². The molecule has 0 saturated heterocycles. The van der Waals surface area contributed by atoms with Crippen LogP contribution in [0.5, 0.6) is 0 Å². The Balaban J connectivity index is 0. The van der Waals surface area contributed by atoms with Crippen LogP contribution in [0.3, 0.4) is 0 Å². The summed E-state index contributed by atoms with van der Waals surface area (Å²) in [6.07, 6.45) is 14.2. The minimum absolute atomic E-state index is 0. The van der Waals surface area contributed by atoms with Gasteiger partial charge in [-0.2, -0.15) is 0 Å². The Hall–Kier alpha value is 1.02. The van der Waals surface area contributed by atoms with Gasteiger partial charge in [-0.05, 0) is 6.42 Å². The second kappa shape index (κ2) is 17.8. The van der Waals surface area contributed by atoms with Crippen molar-refractivity contribution in [1.82, 2.24) is 4.72 Å². The maximum atomic E-state index is 11.4. The fourth-order valence-electron chi connectivity index (χ4n) is 2.37. The van der Waals surface area contributed by atoms with E-state index in [2.05, 4.69) is 6.92 Å². The summed E-state index contributed by atoms with van der Waals surface area (Å²) in [7, 11) is -3.46. The van der Waals surface area contributed by atoms with Gasteiger partial charge < -0.3 is 9.90 Å². The smallest absolute Gasteiger partial charge is 0.549 e. The molecule has 0 aliphatic carbocycles. The average Bonchev–Trinajstić information content (AvgIpc) is 2.46. The Kier molecular flexibility index (Phi) is 20.3. The van der Waals surface area contributed by atoms with E-state index < -0.39 is 22.5 Å². The number of unbranched alkanes of at least 4 members (excludes halogenated alkanes) is 11. The number of aliphatic carboxylic acids is 1. The minimum atomic E-state index is -3.46. The first-order chi connectivity index (χ1) is 10.5. The molecular weight excluding hydrogens is 341 g/mol. The van der Waals surface area contributed by atoms with Gasteiger partial charge in [0.2, 0.25) is 10.0 Å². The van der Waals surface area contributed by atoms with E-state index in [0.717, 1.165) is 19.3 Å². The molecule has 0 atom stereocenters. The van der Waals surface area contributed by atoms with E-state index in [1.807, 2.05) is 4.72 Å². The predicted octanol–water partition coefficient (Wildman–Crippen LogP) is -0.639. The van der Waals surface area contributed by atoms with Gasteiger partial charge in [-0.25, -0.2) is 13.1 Å². The van der Waals surface area contributed by atoms with Gasteiger partial charge in [-0.3, -0.25) is 0 Å². The quantitative estimate of drug-likeness (QED) is 0.288. The summed E-state index contributed by atoms with van der Waals surface area (Å²) in [4.78, 5) is 10.2. The third kappa shape index (κ3) is 21.0. The van der Waals surface area contributed by atoms with Crippen LogP contribution < -0.4 is 61.2 Å². The Morgan fingerprint density at radius 2 is 1.22 bits per heavy atom. The van der Waals surface area contributed by atoms with Crippen molar-refractivity contribution >= 4 is 16.0 Å². The third-order valence-electron chi connectivity index (χ3n) is 3.70. The van der Waals surface area contributed by atoms with Crippen LogP contribution >= 0.6 is 0 Å². The molecule has 0 amide bonds. The van der Waals surface area contributed by atoms with E-state index in [0.29, 0.717) is 6.42 Å². The maximum absolute atomic E-state index is 11.4. The number of carbonyl (C=O) groups is 1. The zero-order chi connectivity index (χ0) is 16.7. The van der Waals surface area contributed by atoms with Gasteiger partial charge in [0.25, 0.3) is 0 Å². The van der Waals surface area contributed by atoms with E-state index in [1.54, 1.807) is 0 Å². The van der Waals surface area contributed by atoms with Crippen LogP contribution in [0, 0.1) is 0 Å². The first kappa shape index (κ1) is 26.2. The summed E-state index contributed by atoms with van der Waals surface area (Å²) in [6.45, 7) is 1.59. The Morgan fingerprint density at radius 3 is 1.61 bits per heavy atom.